The van der Waals surface area contributed by atoms with Crippen molar-refractivity contribution in [3.63, 3.8) is 0 Å². The highest BCUT2D eigenvalue weighted by atomic mass is 35.5. The number of hydrogen-bond acceptors (Lipinski definition) is 2. The number of piperidine rings is 1. The molecule has 3 unspecified atom stereocenters. The monoisotopic (exact) mass is 312 g/mol. The molecular formula is C16H22Cl2N2. The number of fused-ring (bicyclic) bond motifs is 1. The Labute approximate surface area is 131 Å². The van der Waals surface area contributed by atoms with Crippen molar-refractivity contribution in [2.75, 3.05) is 13.1 Å². The van der Waals surface area contributed by atoms with Crippen LogP contribution in [0.25, 0.3) is 0 Å². The van der Waals surface area contributed by atoms with E-state index in [0.717, 1.165) is 6.04 Å². The number of benzene rings is 1. The van der Waals surface area contributed by atoms with Crippen LogP contribution in [0.5, 0.6) is 0 Å². The summed E-state index contributed by atoms with van der Waals surface area (Å²) in [6.45, 7) is 4.76. The number of hydrogen-bond donors (Lipinski definition) is 1. The van der Waals surface area contributed by atoms with Crippen molar-refractivity contribution in [3.05, 3.63) is 33.8 Å². The number of halogens is 2. The Kier molecular flexibility index (Phi) is 4.56. The van der Waals surface area contributed by atoms with E-state index in [1.807, 2.05) is 12.1 Å². The Morgan fingerprint density at radius 3 is 2.85 bits per heavy atom. The van der Waals surface area contributed by atoms with Crippen molar-refractivity contribution in [1.82, 2.24) is 10.2 Å². The zero-order valence-corrected chi connectivity index (χ0v) is 13.4. The molecule has 2 aliphatic rings. The summed E-state index contributed by atoms with van der Waals surface area (Å²) in [6.07, 6.45) is 5.28. The average Bonchev–Trinajstić information content (AvgIpc) is 2.89. The lowest BCUT2D eigenvalue weighted by molar-refractivity contribution is 0.162. The molecule has 2 aliphatic heterocycles. The van der Waals surface area contributed by atoms with Gasteiger partial charge in [0.1, 0.15) is 0 Å². The van der Waals surface area contributed by atoms with Gasteiger partial charge in [0, 0.05) is 18.1 Å². The predicted octanol–water partition coefficient (Wildman–Crippen LogP) is 4.27. The highest BCUT2D eigenvalue weighted by Gasteiger charge is 2.32. The van der Waals surface area contributed by atoms with Gasteiger partial charge in [-0.15, -0.1) is 0 Å². The molecule has 20 heavy (non-hydrogen) atoms. The van der Waals surface area contributed by atoms with E-state index in [4.69, 9.17) is 23.2 Å². The summed E-state index contributed by atoms with van der Waals surface area (Å²) in [6, 6.07) is 7.68. The Bertz CT molecular complexity index is 478. The van der Waals surface area contributed by atoms with Crippen molar-refractivity contribution in [2.45, 2.75) is 50.7 Å². The lowest BCUT2D eigenvalue weighted by atomic mass is 9.96. The standard InChI is InChI=1S/C16H22Cl2N2/c1-11(12-4-5-15(17)16(18)9-12)19-13-6-8-20-7-2-3-14(20)10-13/h4-5,9,11,13-14,19H,2-3,6-8,10H2,1H3. The predicted molar refractivity (Wildman–Crippen MR) is 85.6 cm³/mol. The molecule has 2 heterocycles. The maximum absolute atomic E-state index is 6.11. The summed E-state index contributed by atoms with van der Waals surface area (Å²) < 4.78 is 0. The minimum absolute atomic E-state index is 0.322. The minimum Gasteiger partial charge on any atom is -0.307 e. The minimum atomic E-state index is 0.322. The molecule has 0 radical (unpaired) electrons. The summed E-state index contributed by atoms with van der Waals surface area (Å²) in [5, 5.41) is 5.03. The Balaban J connectivity index is 1.60. The third kappa shape index (κ3) is 3.14. The third-order valence-corrected chi connectivity index (χ3v) is 5.49. The molecule has 2 saturated heterocycles. The van der Waals surface area contributed by atoms with Crippen molar-refractivity contribution < 1.29 is 0 Å². The van der Waals surface area contributed by atoms with Gasteiger partial charge in [-0.1, -0.05) is 29.3 Å². The summed E-state index contributed by atoms with van der Waals surface area (Å²) in [5.74, 6) is 0. The normalized spacial score (nSPS) is 28.4. The van der Waals surface area contributed by atoms with Crippen LogP contribution in [0, 0.1) is 0 Å². The van der Waals surface area contributed by atoms with E-state index >= 15 is 0 Å². The molecular weight excluding hydrogens is 291 g/mol. The van der Waals surface area contributed by atoms with Crippen LogP contribution in [0.2, 0.25) is 10.0 Å². The van der Waals surface area contributed by atoms with Crippen LogP contribution < -0.4 is 5.32 Å². The second-order valence-electron chi connectivity index (χ2n) is 6.12. The molecule has 2 nitrogen and oxygen atoms in total. The molecule has 1 aromatic carbocycles. The topological polar surface area (TPSA) is 15.3 Å². The van der Waals surface area contributed by atoms with E-state index in [2.05, 4.69) is 23.2 Å². The molecule has 1 aromatic rings. The van der Waals surface area contributed by atoms with Crippen molar-refractivity contribution in [1.29, 1.82) is 0 Å². The van der Waals surface area contributed by atoms with Gasteiger partial charge in [0.05, 0.1) is 10.0 Å². The van der Waals surface area contributed by atoms with E-state index in [0.29, 0.717) is 22.1 Å². The second kappa shape index (κ2) is 6.23. The van der Waals surface area contributed by atoms with Crippen LogP contribution in [-0.2, 0) is 0 Å². The van der Waals surface area contributed by atoms with Gasteiger partial charge in [-0.25, -0.2) is 0 Å². The first-order valence-electron chi connectivity index (χ1n) is 7.58. The van der Waals surface area contributed by atoms with E-state index in [1.54, 1.807) is 0 Å². The van der Waals surface area contributed by atoms with Gasteiger partial charge in [0.25, 0.3) is 0 Å². The molecule has 1 N–H and O–H groups in total. The van der Waals surface area contributed by atoms with Gasteiger partial charge in [-0.05, 0) is 63.4 Å². The zero-order valence-electron chi connectivity index (χ0n) is 11.9. The van der Waals surface area contributed by atoms with Crippen LogP contribution in [0.1, 0.15) is 44.2 Å². The fourth-order valence-electron chi connectivity index (χ4n) is 3.61. The highest BCUT2D eigenvalue weighted by molar-refractivity contribution is 6.42. The van der Waals surface area contributed by atoms with Gasteiger partial charge in [-0.2, -0.15) is 0 Å². The van der Waals surface area contributed by atoms with Gasteiger partial charge in [0.15, 0.2) is 0 Å². The molecule has 3 rings (SSSR count). The first-order valence-corrected chi connectivity index (χ1v) is 8.34. The molecule has 0 saturated carbocycles. The summed E-state index contributed by atoms with van der Waals surface area (Å²) in [5.41, 5.74) is 1.22. The summed E-state index contributed by atoms with van der Waals surface area (Å²) in [7, 11) is 0. The van der Waals surface area contributed by atoms with Crippen molar-refractivity contribution in [2.24, 2.45) is 0 Å². The van der Waals surface area contributed by atoms with Gasteiger partial charge in [0.2, 0.25) is 0 Å². The maximum Gasteiger partial charge on any atom is 0.0595 e. The van der Waals surface area contributed by atoms with Crippen molar-refractivity contribution >= 4 is 23.2 Å². The molecule has 0 aliphatic carbocycles. The Hall–Kier alpha value is -0.280. The first-order chi connectivity index (χ1) is 9.63. The molecule has 0 bridgehead atoms. The third-order valence-electron chi connectivity index (χ3n) is 4.75. The van der Waals surface area contributed by atoms with Crippen LogP contribution in [-0.4, -0.2) is 30.1 Å². The summed E-state index contributed by atoms with van der Waals surface area (Å²) >= 11 is 12.1. The molecule has 0 spiro atoms. The highest BCUT2D eigenvalue weighted by Crippen LogP contribution is 2.29. The fraction of sp³-hybridized carbons (Fsp3) is 0.625. The van der Waals surface area contributed by atoms with E-state index in [9.17, 15) is 0 Å². The molecule has 0 aromatic heterocycles. The average molecular weight is 313 g/mol. The van der Waals surface area contributed by atoms with Crippen LogP contribution in [0.4, 0.5) is 0 Å². The second-order valence-corrected chi connectivity index (χ2v) is 6.93. The molecule has 3 atom stereocenters. The SMILES string of the molecule is CC(NC1CCN2CCCC2C1)c1ccc(Cl)c(Cl)c1. The van der Waals surface area contributed by atoms with E-state index in [-0.39, 0.29) is 0 Å². The number of rotatable bonds is 3. The number of nitrogens with one attached hydrogen (secondary N) is 1. The van der Waals surface area contributed by atoms with Gasteiger partial charge < -0.3 is 10.2 Å². The first kappa shape index (κ1) is 14.6. The van der Waals surface area contributed by atoms with E-state index < -0.39 is 0 Å². The van der Waals surface area contributed by atoms with Gasteiger partial charge in [-0.3, -0.25) is 0 Å². The maximum atomic E-state index is 6.11. The smallest absolute Gasteiger partial charge is 0.0595 e. The lowest BCUT2D eigenvalue weighted by Crippen LogP contribution is -2.46. The molecule has 2 fully saturated rings. The Morgan fingerprint density at radius 1 is 1.20 bits per heavy atom. The molecule has 4 heteroatoms. The van der Waals surface area contributed by atoms with Crippen LogP contribution >= 0.6 is 23.2 Å². The van der Waals surface area contributed by atoms with Crippen LogP contribution in [0.3, 0.4) is 0 Å². The Morgan fingerprint density at radius 2 is 2.05 bits per heavy atom. The largest absolute Gasteiger partial charge is 0.307 e. The molecule has 110 valence electrons. The van der Waals surface area contributed by atoms with Crippen LogP contribution in [0.15, 0.2) is 18.2 Å². The van der Waals surface area contributed by atoms with E-state index in [1.165, 1.54) is 44.3 Å². The van der Waals surface area contributed by atoms with Crippen molar-refractivity contribution in [3.8, 4) is 0 Å². The van der Waals surface area contributed by atoms with Gasteiger partial charge >= 0.3 is 0 Å². The lowest BCUT2D eigenvalue weighted by Gasteiger charge is -2.36. The molecule has 0 amide bonds. The fourth-order valence-corrected chi connectivity index (χ4v) is 3.91. The zero-order chi connectivity index (χ0) is 14.1. The summed E-state index contributed by atoms with van der Waals surface area (Å²) in [4.78, 5) is 2.65. The quantitative estimate of drug-likeness (QED) is 0.896. The number of nitrogens with zero attached hydrogens (tertiary/aromatic N) is 1.